The number of nitrogens with zero attached hydrogens (tertiary/aromatic N) is 3. The first-order valence-corrected chi connectivity index (χ1v) is 12.9. The van der Waals surface area contributed by atoms with Crippen LogP contribution in [0.25, 0.3) is 0 Å². The van der Waals surface area contributed by atoms with E-state index in [0.29, 0.717) is 23.3 Å². The number of halogens is 1. The van der Waals surface area contributed by atoms with Crippen LogP contribution in [0.3, 0.4) is 0 Å². The second kappa shape index (κ2) is 11.7. The van der Waals surface area contributed by atoms with E-state index in [9.17, 15) is 24.5 Å². The summed E-state index contributed by atoms with van der Waals surface area (Å²) in [6.07, 6.45) is 0.680. The number of nitro groups is 1. The summed E-state index contributed by atoms with van der Waals surface area (Å²) in [5, 5.41) is 10.8. The molecule has 1 aromatic heterocycles. The molecule has 2 amide bonds. The lowest BCUT2D eigenvalue weighted by Crippen LogP contribution is -2.44. The van der Waals surface area contributed by atoms with Gasteiger partial charge in [0.15, 0.2) is 5.82 Å². The molecule has 13 heteroatoms. The number of amides is 2. The fourth-order valence-corrected chi connectivity index (χ4v) is 4.27. The van der Waals surface area contributed by atoms with Crippen LogP contribution in [0.1, 0.15) is 72.8 Å². The highest BCUT2D eigenvalue weighted by atomic mass is 35.5. The fraction of sp³-hybridized carbons (Fsp3) is 0.481. The second-order valence-corrected chi connectivity index (χ2v) is 11.6. The number of hydrogen-bond acceptors (Lipinski definition) is 10. The molecular weight excluding hydrogens is 546 g/mol. The Labute approximate surface area is 236 Å². The van der Waals surface area contributed by atoms with E-state index < -0.39 is 40.1 Å². The first-order valence-electron chi connectivity index (χ1n) is 12.6. The Hall–Kier alpha value is -3.93. The molecule has 0 unspecified atom stereocenters. The fourth-order valence-electron chi connectivity index (χ4n) is 4.02. The van der Waals surface area contributed by atoms with Crippen molar-refractivity contribution in [3.05, 3.63) is 57.2 Å². The third-order valence-corrected chi connectivity index (χ3v) is 5.93. The smallest absolute Gasteiger partial charge is 0.443 e. The molecule has 216 valence electrons. The molecule has 1 aromatic carbocycles. The van der Waals surface area contributed by atoms with Crippen molar-refractivity contribution in [2.24, 2.45) is 0 Å². The average Bonchev–Trinajstić information content (AvgIpc) is 3.27. The number of ether oxygens (including phenoxy) is 4. The predicted octanol–water partition coefficient (Wildman–Crippen LogP) is 7.30. The quantitative estimate of drug-likeness (QED) is 0.116. The highest BCUT2D eigenvalue weighted by molar-refractivity contribution is 6.34. The van der Waals surface area contributed by atoms with Crippen molar-refractivity contribution in [1.82, 2.24) is 4.98 Å². The third kappa shape index (κ3) is 7.81. The van der Waals surface area contributed by atoms with Gasteiger partial charge in [0, 0.05) is 23.9 Å². The number of carbonyl (C=O) groups excluding carboxylic acids is 3. The van der Waals surface area contributed by atoms with E-state index in [0.717, 1.165) is 12.8 Å². The van der Waals surface area contributed by atoms with Crippen molar-refractivity contribution in [2.75, 3.05) is 4.90 Å². The Balaban J connectivity index is 1.89. The number of hydrogen-bond donors (Lipinski definition) is 0. The largest absolute Gasteiger partial charge is 0.514 e. The molecule has 0 spiro atoms. The lowest BCUT2D eigenvalue weighted by molar-refractivity contribution is -0.384. The molecule has 1 aliphatic rings. The van der Waals surface area contributed by atoms with Gasteiger partial charge in [-0.2, -0.15) is 4.90 Å². The van der Waals surface area contributed by atoms with Gasteiger partial charge in [-0.1, -0.05) is 11.6 Å². The molecule has 0 saturated heterocycles. The number of benzene rings is 1. The van der Waals surface area contributed by atoms with Gasteiger partial charge in [-0.05, 0) is 85.4 Å². The predicted molar refractivity (Wildman–Crippen MR) is 145 cm³/mol. The standard InChI is InChI=1S/C27H32ClN3O9/c1-25(2,3)38-22(32)30(23(33)39-26(4,5)6)21-20(28)15-17(16-29-21)27(13-7-8-14-27)40-24(34)37-19-11-9-18(10-12-19)31(35)36/h9-12,15-16H,7-8,13-14H2,1-6H3. The molecular formula is C27H32ClN3O9. The summed E-state index contributed by atoms with van der Waals surface area (Å²) in [5.74, 6) is -0.142. The van der Waals surface area contributed by atoms with Crippen molar-refractivity contribution in [1.29, 1.82) is 0 Å². The zero-order chi connectivity index (χ0) is 29.9. The molecule has 40 heavy (non-hydrogen) atoms. The van der Waals surface area contributed by atoms with E-state index in [-0.39, 0.29) is 22.3 Å². The van der Waals surface area contributed by atoms with Crippen LogP contribution in [0.5, 0.6) is 5.75 Å². The van der Waals surface area contributed by atoms with Crippen molar-refractivity contribution in [2.45, 2.75) is 84.0 Å². The number of non-ortho nitro benzene ring substituents is 1. The molecule has 1 aliphatic carbocycles. The summed E-state index contributed by atoms with van der Waals surface area (Å²) in [6.45, 7) is 9.88. The van der Waals surface area contributed by atoms with Gasteiger partial charge in [0.1, 0.15) is 22.6 Å². The number of carbonyl (C=O) groups is 3. The highest BCUT2D eigenvalue weighted by Crippen LogP contribution is 2.44. The molecule has 0 radical (unpaired) electrons. The SMILES string of the molecule is CC(C)(C)OC(=O)N(C(=O)OC(C)(C)C)c1ncc(C2(OC(=O)Oc3ccc([N+](=O)[O-])cc3)CCCC2)cc1Cl. The summed E-state index contributed by atoms with van der Waals surface area (Å²) < 4.78 is 21.8. The van der Waals surface area contributed by atoms with Gasteiger partial charge in [-0.15, -0.1) is 0 Å². The first-order chi connectivity index (χ1) is 18.5. The lowest BCUT2D eigenvalue weighted by atomic mass is 9.93. The summed E-state index contributed by atoms with van der Waals surface area (Å²) in [5.41, 5.74) is -2.69. The van der Waals surface area contributed by atoms with E-state index in [2.05, 4.69) is 4.98 Å². The summed E-state index contributed by atoms with van der Waals surface area (Å²) in [7, 11) is 0. The van der Waals surface area contributed by atoms with Crippen molar-refractivity contribution >= 4 is 41.4 Å². The zero-order valence-electron chi connectivity index (χ0n) is 23.2. The number of pyridine rings is 1. The highest BCUT2D eigenvalue weighted by Gasteiger charge is 2.42. The number of aromatic nitrogens is 1. The maximum atomic E-state index is 13.0. The third-order valence-electron chi connectivity index (χ3n) is 5.65. The van der Waals surface area contributed by atoms with E-state index in [1.165, 1.54) is 36.5 Å². The van der Waals surface area contributed by atoms with E-state index >= 15 is 0 Å². The van der Waals surface area contributed by atoms with Crippen molar-refractivity contribution in [3.8, 4) is 5.75 Å². The molecule has 0 N–H and O–H groups in total. The van der Waals surface area contributed by atoms with E-state index in [1.807, 2.05) is 0 Å². The van der Waals surface area contributed by atoms with E-state index in [1.54, 1.807) is 41.5 Å². The molecule has 2 aromatic rings. The van der Waals surface area contributed by atoms with Crippen molar-refractivity contribution < 1.29 is 38.3 Å². The molecule has 0 bridgehead atoms. The number of nitro benzene ring substituents is 1. The second-order valence-electron chi connectivity index (χ2n) is 11.2. The first kappa shape index (κ1) is 30.6. The normalized spacial score (nSPS) is 14.7. The van der Waals surface area contributed by atoms with Crippen LogP contribution in [0, 0.1) is 10.1 Å². The van der Waals surface area contributed by atoms with Crippen LogP contribution in [0.2, 0.25) is 5.02 Å². The molecule has 1 fully saturated rings. The maximum Gasteiger partial charge on any atom is 0.514 e. The zero-order valence-corrected chi connectivity index (χ0v) is 23.9. The van der Waals surface area contributed by atoms with E-state index in [4.69, 9.17) is 30.5 Å². The average molecular weight is 578 g/mol. The summed E-state index contributed by atoms with van der Waals surface area (Å²) >= 11 is 6.56. The summed E-state index contributed by atoms with van der Waals surface area (Å²) in [4.78, 5) is 53.9. The van der Waals surface area contributed by atoms with Gasteiger partial charge in [-0.3, -0.25) is 10.1 Å². The van der Waals surface area contributed by atoms with Crippen LogP contribution in [-0.4, -0.2) is 39.5 Å². The van der Waals surface area contributed by atoms with Crippen molar-refractivity contribution in [3.63, 3.8) is 0 Å². The van der Waals surface area contributed by atoms with Crippen LogP contribution in [0.4, 0.5) is 25.9 Å². The maximum absolute atomic E-state index is 13.0. The monoisotopic (exact) mass is 577 g/mol. The van der Waals surface area contributed by atoms with Gasteiger partial charge in [0.05, 0.1) is 9.95 Å². The Kier molecular flexibility index (Phi) is 8.93. The number of anilines is 1. The van der Waals surface area contributed by atoms with Gasteiger partial charge in [-0.25, -0.2) is 19.4 Å². The van der Waals surface area contributed by atoms with Crippen LogP contribution >= 0.6 is 11.6 Å². The Morgan fingerprint density at radius 1 is 0.975 bits per heavy atom. The Bertz CT molecular complexity index is 1250. The minimum atomic E-state index is -1.13. The molecule has 3 rings (SSSR count). The Morgan fingerprint density at radius 2 is 1.50 bits per heavy atom. The number of rotatable bonds is 5. The molecule has 1 heterocycles. The van der Waals surface area contributed by atoms with Gasteiger partial charge in [0.25, 0.3) is 5.69 Å². The van der Waals surface area contributed by atoms with Gasteiger partial charge in [0.2, 0.25) is 0 Å². The van der Waals surface area contributed by atoms with Crippen LogP contribution < -0.4 is 9.64 Å². The molecule has 12 nitrogen and oxygen atoms in total. The topological polar surface area (TPSA) is 147 Å². The molecule has 0 atom stereocenters. The number of imide groups is 1. The minimum absolute atomic E-state index is 0.0700. The Morgan fingerprint density at radius 3 is 1.95 bits per heavy atom. The van der Waals surface area contributed by atoms with Gasteiger partial charge < -0.3 is 18.9 Å². The minimum Gasteiger partial charge on any atom is -0.443 e. The lowest BCUT2D eigenvalue weighted by Gasteiger charge is -2.30. The van der Waals surface area contributed by atoms with Gasteiger partial charge >= 0.3 is 18.3 Å². The van der Waals surface area contributed by atoms with Crippen LogP contribution in [-0.2, 0) is 19.8 Å². The summed E-state index contributed by atoms with van der Waals surface area (Å²) in [6, 6.07) is 6.46. The van der Waals surface area contributed by atoms with Crippen LogP contribution in [0.15, 0.2) is 36.5 Å². The molecule has 1 saturated carbocycles. The molecule has 0 aliphatic heterocycles.